The molecule has 0 aromatic carbocycles. The number of carboxylic acid groups (broad SMARTS) is 1. The minimum absolute atomic E-state index is 0.230. The second-order valence-corrected chi connectivity index (χ2v) is 5.90. The van der Waals surface area contributed by atoms with Crippen molar-refractivity contribution < 1.29 is 30.2 Å². The van der Waals surface area contributed by atoms with Crippen LogP contribution < -0.4 is 0 Å². The lowest BCUT2D eigenvalue weighted by Crippen LogP contribution is -2.07. The van der Waals surface area contributed by atoms with Crippen molar-refractivity contribution in [3.05, 3.63) is 24.3 Å². The van der Waals surface area contributed by atoms with E-state index >= 15 is 0 Å². The fraction of sp³-hybridized carbons (Fsp3) is 0.722. The second kappa shape index (κ2) is 16.6. The predicted octanol–water partition coefficient (Wildman–Crippen LogP) is 4.82. The van der Waals surface area contributed by atoms with E-state index in [4.69, 9.17) is 15.6 Å². The first-order chi connectivity index (χ1) is 11.6. The molecule has 0 fully saturated rings. The van der Waals surface area contributed by atoms with E-state index in [0.717, 1.165) is 44.9 Å². The first-order valence-corrected chi connectivity index (χ1v) is 8.81. The Morgan fingerprint density at radius 2 is 1.38 bits per heavy atom. The van der Waals surface area contributed by atoms with Crippen LogP contribution in [-0.4, -0.2) is 33.8 Å². The summed E-state index contributed by atoms with van der Waals surface area (Å²) in [6.45, 7) is 2.08. The first-order valence-electron chi connectivity index (χ1n) is 8.81. The van der Waals surface area contributed by atoms with E-state index in [-0.39, 0.29) is 18.6 Å². The van der Waals surface area contributed by atoms with Gasteiger partial charge in [-0.2, -0.15) is 0 Å². The van der Waals surface area contributed by atoms with Gasteiger partial charge in [0.1, 0.15) is 12.2 Å². The molecule has 0 bridgehead atoms. The van der Waals surface area contributed by atoms with Crippen LogP contribution in [-0.2, 0) is 14.6 Å². The molecular formula is C18H32O6. The van der Waals surface area contributed by atoms with Crippen LogP contribution in [0.4, 0.5) is 0 Å². The highest BCUT2D eigenvalue weighted by Crippen LogP contribution is 2.11. The Hall–Kier alpha value is -1.21. The lowest BCUT2D eigenvalue weighted by molar-refractivity contribution is -0.267. The van der Waals surface area contributed by atoms with Gasteiger partial charge in [0.05, 0.1) is 0 Å². The number of allylic oxidation sites excluding steroid dienone is 2. The molecular weight excluding hydrogens is 312 g/mol. The molecule has 0 aliphatic rings. The van der Waals surface area contributed by atoms with E-state index in [9.17, 15) is 4.79 Å². The quantitative estimate of drug-likeness (QED) is 0.161. The number of carbonyl (C=O) groups is 1. The summed E-state index contributed by atoms with van der Waals surface area (Å²) in [5.41, 5.74) is 0. The molecule has 0 aromatic rings. The van der Waals surface area contributed by atoms with Crippen LogP contribution in [0.1, 0.15) is 71.1 Å². The third-order valence-corrected chi connectivity index (χ3v) is 3.75. The molecule has 140 valence electrons. The fourth-order valence-electron chi connectivity index (χ4n) is 2.30. The highest BCUT2D eigenvalue weighted by molar-refractivity contribution is 5.66. The molecule has 0 aliphatic carbocycles. The Morgan fingerprint density at radius 3 is 1.88 bits per heavy atom. The molecule has 2 atom stereocenters. The maximum Gasteiger partial charge on any atom is 0.303 e. The van der Waals surface area contributed by atoms with Gasteiger partial charge in [0.25, 0.3) is 0 Å². The molecule has 0 radical (unpaired) electrons. The summed E-state index contributed by atoms with van der Waals surface area (Å²) in [6, 6.07) is 0. The summed E-state index contributed by atoms with van der Waals surface area (Å²) in [4.78, 5) is 19.2. The molecule has 0 heterocycles. The van der Waals surface area contributed by atoms with Gasteiger partial charge >= 0.3 is 5.97 Å². The molecule has 6 heteroatoms. The predicted molar refractivity (Wildman–Crippen MR) is 92.8 cm³/mol. The van der Waals surface area contributed by atoms with Crippen molar-refractivity contribution >= 4 is 5.97 Å². The van der Waals surface area contributed by atoms with Crippen LogP contribution in [0.15, 0.2) is 24.3 Å². The van der Waals surface area contributed by atoms with Gasteiger partial charge in [0.2, 0.25) is 0 Å². The summed E-state index contributed by atoms with van der Waals surface area (Å²) in [5, 5.41) is 26.2. The maximum absolute atomic E-state index is 10.4. The van der Waals surface area contributed by atoms with Crippen molar-refractivity contribution in [1.82, 2.24) is 0 Å². The van der Waals surface area contributed by atoms with E-state index < -0.39 is 5.97 Å². The van der Waals surface area contributed by atoms with Gasteiger partial charge in [-0.25, -0.2) is 9.78 Å². The summed E-state index contributed by atoms with van der Waals surface area (Å²) >= 11 is 0. The van der Waals surface area contributed by atoms with Crippen molar-refractivity contribution in [2.75, 3.05) is 0 Å². The Balaban J connectivity index is 3.86. The average Bonchev–Trinajstić information content (AvgIpc) is 2.58. The lowest BCUT2D eigenvalue weighted by atomic mass is 10.1. The van der Waals surface area contributed by atoms with Crippen molar-refractivity contribution in [2.45, 2.75) is 83.3 Å². The average molecular weight is 344 g/mol. The van der Waals surface area contributed by atoms with Gasteiger partial charge < -0.3 is 5.11 Å². The molecule has 0 amide bonds. The van der Waals surface area contributed by atoms with Gasteiger partial charge in [0.15, 0.2) is 0 Å². The molecule has 3 N–H and O–H groups in total. The molecule has 2 unspecified atom stereocenters. The van der Waals surface area contributed by atoms with Crippen LogP contribution in [0.3, 0.4) is 0 Å². The SMILES string of the molecule is CCCCC(/C=C/C=C/C(CCCCCCCC(=O)O)OO)OO. The topological polar surface area (TPSA) is 96.2 Å². The van der Waals surface area contributed by atoms with Gasteiger partial charge in [0, 0.05) is 6.42 Å². The Kier molecular flexibility index (Phi) is 15.8. The van der Waals surface area contributed by atoms with Gasteiger partial charge in [-0.15, -0.1) is 0 Å². The van der Waals surface area contributed by atoms with Crippen molar-refractivity contribution in [3.63, 3.8) is 0 Å². The minimum atomic E-state index is -0.745. The minimum Gasteiger partial charge on any atom is -0.481 e. The smallest absolute Gasteiger partial charge is 0.303 e. The maximum atomic E-state index is 10.4. The number of rotatable bonds is 16. The van der Waals surface area contributed by atoms with E-state index in [1.54, 1.807) is 24.3 Å². The Morgan fingerprint density at radius 1 is 0.875 bits per heavy atom. The molecule has 0 saturated carbocycles. The molecule has 0 spiro atoms. The number of hydrogen-bond acceptors (Lipinski definition) is 5. The largest absolute Gasteiger partial charge is 0.481 e. The van der Waals surface area contributed by atoms with Crippen molar-refractivity contribution in [3.8, 4) is 0 Å². The Labute approximate surface area is 144 Å². The van der Waals surface area contributed by atoms with Crippen LogP contribution in [0, 0.1) is 0 Å². The van der Waals surface area contributed by atoms with Crippen LogP contribution >= 0.6 is 0 Å². The molecule has 6 nitrogen and oxygen atoms in total. The van der Waals surface area contributed by atoms with Gasteiger partial charge in [-0.3, -0.25) is 15.3 Å². The van der Waals surface area contributed by atoms with Gasteiger partial charge in [-0.05, 0) is 19.3 Å². The van der Waals surface area contributed by atoms with Crippen LogP contribution in [0.2, 0.25) is 0 Å². The molecule has 0 aliphatic heterocycles. The van der Waals surface area contributed by atoms with E-state index in [1.807, 2.05) is 0 Å². The zero-order chi connectivity index (χ0) is 18.0. The van der Waals surface area contributed by atoms with Crippen molar-refractivity contribution in [2.24, 2.45) is 0 Å². The van der Waals surface area contributed by atoms with E-state index in [2.05, 4.69) is 16.7 Å². The molecule has 0 saturated heterocycles. The van der Waals surface area contributed by atoms with Crippen molar-refractivity contribution in [1.29, 1.82) is 0 Å². The fourth-order valence-corrected chi connectivity index (χ4v) is 2.30. The number of carboxylic acids is 1. The van der Waals surface area contributed by atoms with Crippen LogP contribution in [0.5, 0.6) is 0 Å². The highest BCUT2D eigenvalue weighted by Gasteiger charge is 2.05. The van der Waals surface area contributed by atoms with Gasteiger partial charge in [-0.1, -0.05) is 69.8 Å². The highest BCUT2D eigenvalue weighted by atomic mass is 17.1. The van der Waals surface area contributed by atoms with Crippen LogP contribution in [0.25, 0.3) is 0 Å². The third-order valence-electron chi connectivity index (χ3n) is 3.75. The number of aliphatic carboxylic acids is 1. The summed E-state index contributed by atoms with van der Waals surface area (Å²) in [6.07, 6.45) is 14.6. The summed E-state index contributed by atoms with van der Waals surface area (Å²) in [7, 11) is 0. The standard InChI is InChI=1S/C18H32O6/c1-2-3-11-16(23-21)13-9-10-14-17(24-22)12-7-5-4-6-8-15-18(19)20/h9-10,13-14,16-17,21-22H,2-8,11-12,15H2,1H3,(H,19,20)/b13-9+,14-10+. The first kappa shape index (κ1) is 22.8. The Bertz CT molecular complexity index is 353. The number of unbranched alkanes of at least 4 members (excludes halogenated alkanes) is 5. The summed E-state index contributed by atoms with van der Waals surface area (Å²) < 4.78 is 0. The zero-order valence-corrected chi connectivity index (χ0v) is 14.6. The molecule has 0 aromatic heterocycles. The third kappa shape index (κ3) is 14.4. The lowest BCUT2D eigenvalue weighted by Gasteiger charge is -2.08. The zero-order valence-electron chi connectivity index (χ0n) is 14.6. The van der Waals surface area contributed by atoms with E-state index in [1.165, 1.54) is 0 Å². The monoisotopic (exact) mass is 344 g/mol. The normalized spacial score (nSPS) is 14.5. The molecule has 24 heavy (non-hydrogen) atoms. The molecule has 0 rings (SSSR count). The number of hydrogen-bond donors (Lipinski definition) is 3. The summed E-state index contributed by atoms with van der Waals surface area (Å²) in [5.74, 6) is -0.745. The second-order valence-electron chi connectivity index (χ2n) is 5.90. The van der Waals surface area contributed by atoms with E-state index in [0.29, 0.717) is 12.8 Å².